The number of benzene rings is 1. The summed E-state index contributed by atoms with van der Waals surface area (Å²) in [5, 5.41) is 12.9. The molecule has 4 heteroatoms. The monoisotopic (exact) mass is 254 g/mol. The van der Waals surface area contributed by atoms with Crippen LogP contribution in [0, 0.1) is 11.3 Å². The van der Waals surface area contributed by atoms with Crippen molar-refractivity contribution in [3.63, 3.8) is 0 Å². The topological polar surface area (TPSA) is 44.9 Å². The largest absolute Gasteiger partial charge is 0.370 e. The van der Waals surface area contributed by atoms with E-state index in [1.165, 1.54) is 11.4 Å². The highest BCUT2D eigenvalue weighted by molar-refractivity contribution is 5.46. The predicted octanol–water partition coefficient (Wildman–Crippen LogP) is 2.38. The van der Waals surface area contributed by atoms with Gasteiger partial charge in [0.1, 0.15) is 0 Å². The van der Waals surface area contributed by atoms with Crippen molar-refractivity contribution in [3.05, 3.63) is 48.3 Å². The van der Waals surface area contributed by atoms with E-state index in [2.05, 4.69) is 28.2 Å². The summed E-state index contributed by atoms with van der Waals surface area (Å²) in [6.07, 6.45) is 3.29. The standard InChI is InChI=1S/C15H18N4/c1-18-14(8-11-17-18)9-13-19(12-5-10-16)15-6-3-2-4-7-15/h2-4,6-8,11H,5,9,12-13H2,1H3. The highest BCUT2D eigenvalue weighted by atomic mass is 15.3. The van der Waals surface area contributed by atoms with E-state index >= 15 is 0 Å². The molecule has 0 aliphatic heterocycles. The minimum Gasteiger partial charge on any atom is -0.370 e. The van der Waals surface area contributed by atoms with Gasteiger partial charge in [-0.15, -0.1) is 0 Å². The molecule has 0 spiro atoms. The Morgan fingerprint density at radius 1 is 1.21 bits per heavy atom. The van der Waals surface area contributed by atoms with Crippen molar-refractivity contribution in [3.8, 4) is 6.07 Å². The number of anilines is 1. The second-order valence-electron chi connectivity index (χ2n) is 4.43. The van der Waals surface area contributed by atoms with Crippen molar-refractivity contribution >= 4 is 5.69 Å². The molecule has 98 valence electrons. The summed E-state index contributed by atoms with van der Waals surface area (Å²) in [7, 11) is 1.96. The van der Waals surface area contributed by atoms with Crippen LogP contribution in [0.5, 0.6) is 0 Å². The van der Waals surface area contributed by atoms with Crippen LogP contribution in [0.1, 0.15) is 12.1 Å². The van der Waals surface area contributed by atoms with Gasteiger partial charge in [-0.3, -0.25) is 4.68 Å². The third kappa shape index (κ3) is 3.59. The fourth-order valence-electron chi connectivity index (χ4n) is 2.09. The van der Waals surface area contributed by atoms with Gasteiger partial charge >= 0.3 is 0 Å². The van der Waals surface area contributed by atoms with Crippen LogP contribution in [-0.2, 0) is 13.5 Å². The third-order valence-electron chi connectivity index (χ3n) is 3.18. The fraction of sp³-hybridized carbons (Fsp3) is 0.333. The lowest BCUT2D eigenvalue weighted by molar-refractivity contribution is 0.686. The number of para-hydroxylation sites is 1. The van der Waals surface area contributed by atoms with Gasteiger partial charge in [-0.2, -0.15) is 10.4 Å². The van der Waals surface area contributed by atoms with Crippen LogP contribution < -0.4 is 4.90 Å². The molecule has 1 aromatic heterocycles. The number of nitrogens with zero attached hydrogens (tertiary/aromatic N) is 4. The van der Waals surface area contributed by atoms with E-state index < -0.39 is 0 Å². The number of rotatable bonds is 6. The lowest BCUT2D eigenvalue weighted by Crippen LogP contribution is -2.27. The number of aromatic nitrogens is 2. The number of hydrogen-bond acceptors (Lipinski definition) is 3. The summed E-state index contributed by atoms with van der Waals surface area (Å²) in [5.41, 5.74) is 2.37. The second kappa shape index (κ2) is 6.60. The van der Waals surface area contributed by atoms with E-state index in [1.54, 1.807) is 0 Å². The third-order valence-corrected chi connectivity index (χ3v) is 3.18. The van der Waals surface area contributed by atoms with E-state index in [0.29, 0.717) is 6.42 Å². The smallest absolute Gasteiger partial charge is 0.0640 e. The van der Waals surface area contributed by atoms with Gasteiger partial charge in [0, 0.05) is 44.1 Å². The Bertz CT molecular complexity index is 539. The van der Waals surface area contributed by atoms with Crippen LogP contribution in [0.3, 0.4) is 0 Å². The molecule has 0 unspecified atom stereocenters. The molecule has 0 radical (unpaired) electrons. The molecule has 2 aromatic rings. The van der Waals surface area contributed by atoms with Crippen LogP contribution in [-0.4, -0.2) is 22.9 Å². The maximum absolute atomic E-state index is 8.77. The van der Waals surface area contributed by atoms with E-state index in [0.717, 1.165) is 19.5 Å². The summed E-state index contributed by atoms with van der Waals surface area (Å²) in [5.74, 6) is 0. The van der Waals surface area contributed by atoms with Crippen molar-refractivity contribution in [1.82, 2.24) is 9.78 Å². The molecule has 0 amide bonds. The molecular weight excluding hydrogens is 236 g/mol. The Labute approximate surface area is 113 Å². The van der Waals surface area contributed by atoms with Gasteiger partial charge in [0.25, 0.3) is 0 Å². The molecular formula is C15H18N4. The Balaban J connectivity index is 2.02. The molecule has 0 N–H and O–H groups in total. The molecule has 1 aromatic carbocycles. The Hall–Kier alpha value is -2.28. The van der Waals surface area contributed by atoms with Gasteiger partial charge in [0.05, 0.1) is 12.5 Å². The van der Waals surface area contributed by atoms with Crippen LogP contribution in [0.25, 0.3) is 0 Å². The zero-order chi connectivity index (χ0) is 13.5. The highest BCUT2D eigenvalue weighted by Gasteiger charge is 2.07. The zero-order valence-corrected chi connectivity index (χ0v) is 11.2. The second-order valence-corrected chi connectivity index (χ2v) is 4.43. The van der Waals surface area contributed by atoms with Gasteiger partial charge in [-0.1, -0.05) is 18.2 Å². The molecule has 0 saturated carbocycles. The Kier molecular flexibility index (Phi) is 4.57. The minimum atomic E-state index is 0.542. The van der Waals surface area contributed by atoms with Gasteiger partial charge in [0.15, 0.2) is 0 Å². The first-order chi connectivity index (χ1) is 9.31. The molecule has 0 saturated heterocycles. The SMILES string of the molecule is Cn1nccc1CCN(CCC#N)c1ccccc1. The van der Waals surface area contributed by atoms with E-state index in [1.807, 2.05) is 42.2 Å². The van der Waals surface area contributed by atoms with Crippen LogP contribution in [0.4, 0.5) is 5.69 Å². The summed E-state index contributed by atoms with van der Waals surface area (Å²) in [4.78, 5) is 2.25. The predicted molar refractivity (Wildman–Crippen MR) is 75.8 cm³/mol. The summed E-state index contributed by atoms with van der Waals surface area (Å²) in [6.45, 7) is 1.66. The van der Waals surface area contributed by atoms with E-state index in [9.17, 15) is 0 Å². The molecule has 19 heavy (non-hydrogen) atoms. The quantitative estimate of drug-likeness (QED) is 0.795. The molecule has 2 rings (SSSR count). The van der Waals surface area contributed by atoms with E-state index in [4.69, 9.17) is 5.26 Å². The van der Waals surface area contributed by atoms with Crippen LogP contribution >= 0.6 is 0 Å². The van der Waals surface area contributed by atoms with Crippen LogP contribution in [0.15, 0.2) is 42.6 Å². The Morgan fingerprint density at radius 3 is 2.63 bits per heavy atom. The summed E-state index contributed by atoms with van der Waals surface area (Å²) in [6, 6.07) is 14.5. The first-order valence-corrected chi connectivity index (χ1v) is 6.45. The number of hydrogen-bond donors (Lipinski definition) is 0. The lowest BCUT2D eigenvalue weighted by atomic mass is 10.2. The molecule has 0 fully saturated rings. The average Bonchev–Trinajstić information content (AvgIpc) is 2.85. The van der Waals surface area contributed by atoms with Gasteiger partial charge in [-0.25, -0.2) is 0 Å². The van der Waals surface area contributed by atoms with Gasteiger partial charge < -0.3 is 4.90 Å². The summed E-state index contributed by atoms with van der Waals surface area (Å²) >= 11 is 0. The molecule has 0 aliphatic carbocycles. The minimum absolute atomic E-state index is 0.542. The number of nitriles is 1. The molecule has 4 nitrogen and oxygen atoms in total. The molecule has 0 atom stereocenters. The zero-order valence-electron chi connectivity index (χ0n) is 11.2. The lowest BCUT2D eigenvalue weighted by Gasteiger charge is -2.23. The normalized spacial score (nSPS) is 10.1. The van der Waals surface area contributed by atoms with E-state index in [-0.39, 0.29) is 0 Å². The maximum Gasteiger partial charge on any atom is 0.0640 e. The summed E-state index contributed by atoms with van der Waals surface area (Å²) < 4.78 is 1.90. The van der Waals surface area contributed by atoms with Gasteiger partial charge in [-0.05, 0) is 18.2 Å². The average molecular weight is 254 g/mol. The van der Waals surface area contributed by atoms with Crippen molar-refractivity contribution in [2.75, 3.05) is 18.0 Å². The number of aryl methyl sites for hydroxylation is 1. The van der Waals surface area contributed by atoms with Crippen molar-refractivity contribution in [2.45, 2.75) is 12.8 Å². The molecule has 0 aliphatic rings. The highest BCUT2D eigenvalue weighted by Crippen LogP contribution is 2.14. The first kappa shape index (κ1) is 13.2. The molecule has 1 heterocycles. The fourth-order valence-corrected chi connectivity index (χ4v) is 2.09. The van der Waals surface area contributed by atoms with Crippen molar-refractivity contribution < 1.29 is 0 Å². The van der Waals surface area contributed by atoms with Crippen molar-refractivity contribution in [1.29, 1.82) is 5.26 Å². The van der Waals surface area contributed by atoms with Crippen LogP contribution in [0.2, 0.25) is 0 Å². The van der Waals surface area contributed by atoms with Crippen molar-refractivity contribution in [2.24, 2.45) is 7.05 Å². The molecule has 0 bridgehead atoms. The first-order valence-electron chi connectivity index (χ1n) is 6.45. The Morgan fingerprint density at radius 2 is 2.00 bits per heavy atom. The van der Waals surface area contributed by atoms with Gasteiger partial charge in [0.2, 0.25) is 0 Å². The maximum atomic E-state index is 8.77.